The molecule has 0 aliphatic heterocycles. The molecule has 2 aromatic heterocycles. The molecule has 4 rings (SSSR count). The van der Waals surface area contributed by atoms with E-state index in [0.717, 1.165) is 33.9 Å². The lowest BCUT2D eigenvalue weighted by Crippen LogP contribution is -1.87. The molecule has 0 saturated carbocycles. The third-order valence-electron chi connectivity index (χ3n) is 4.57. The Kier molecular flexibility index (Phi) is 4.36. The molecule has 0 bridgehead atoms. The smallest absolute Gasteiger partial charge is 0.138 e. The summed E-state index contributed by atoms with van der Waals surface area (Å²) in [6.45, 7) is 4.41. The second-order valence-corrected chi connectivity index (χ2v) is 6.69. The highest BCUT2D eigenvalue weighted by Gasteiger charge is 2.15. The average Bonchev–Trinajstić information content (AvgIpc) is 3.15. The maximum absolute atomic E-state index is 4.93. The van der Waals surface area contributed by atoms with Crippen molar-refractivity contribution in [3.63, 3.8) is 0 Å². The lowest BCUT2D eigenvalue weighted by Gasteiger charge is -2.05. The quantitative estimate of drug-likeness (QED) is 0.501. The van der Waals surface area contributed by atoms with Crippen LogP contribution < -0.4 is 0 Å². The Morgan fingerprint density at radius 1 is 0.731 bits per heavy atom. The maximum Gasteiger partial charge on any atom is 0.138 e. The number of rotatable bonds is 4. The van der Waals surface area contributed by atoms with Crippen LogP contribution in [0, 0.1) is 0 Å². The molecule has 0 unspecified atom stereocenters. The van der Waals surface area contributed by atoms with Gasteiger partial charge in [0.2, 0.25) is 0 Å². The minimum absolute atomic E-state index is 0.521. The highest BCUT2D eigenvalue weighted by Crippen LogP contribution is 2.33. The molecule has 26 heavy (non-hydrogen) atoms. The molecule has 0 amide bonds. The van der Waals surface area contributed by atoms with Crippen LogP contribution in [0.2, 0.25) is 0 Å². The van der Waals surface area contributed by atoms with Crippen LogP contribution in [-0.4, -0.2) is 15.0 Å². The number of aromatic nitrogens is 3. The zero-order valence-electron chi connectivity index (χ0n) is 15.0. The molecule has 0 saturated heterocycles. The van der Waals surface area contributed by atoms with Crippen molar-refractivity contribution in [2.24, 2.45) is 0 Å². The Morgan fingerprint density at radius 2 is 1.42 bits per heavy atom. The fourth-order valence-corrected chi connectivity index (χ4v) is 3.07. The van der Waals surface area contributed by atoms with Gasteiger partial charge in [-0.2, -0.15) is 0 Å². The summed E-state index contributed by atoms with van der Waals surface area (Å²) in [4.78, 5) is 12.6. The van der Waals surface area contributed by atoms with Gasteiger partial charge in [-0.25, -0.2) is 4.98 Å². The third-order valence-corrected chi connectivity index (χ3v) is 4.57. The first-order valence-electron chi connectivity index (χ1n) is 8.88. The normalized spacial score (nSPS) is 11.0. The standard InChI is InChI=1S/C23H21N3/c1-16(2)17-8-10-20(11-9-17)23-25-21(18-6-4-3-5-7-18)22(26-23)19-12-14-24-15-13-19/h3-16H,1-2H3,(H,25,26). The average molecular weight is 339 g/mol. The predicted octanol–water partition coefficient (Wildman–Crippen LogP) is 5.93. The van der Waals surface area contributed by atoms with E-state index in [0.29, 0.717) is 5.92 Å². The van der Waals surface area contributed by atoms with Crippen LogP contribution in [0.5, 0.6) is 0 Å². The van der Waals surface area contributed by atoms with Gasteiger partial charge in [0, 0.05) is 29.1 Å². The van der Waals surface area contributed by atoms with Crippen molar-refractivity contribution in [3.05, 3.63) is 84.7 Å². The van der Waals surface area contributed by atoms with Crippen molar-refractivity contribution in [3.8, 4) is 33.9 Å². The number of nitrogens with zero attached hydrogens (tertiary/aromatic N) is 2. The summed E-state index contributed by atoms with van der Waals surface area (Å²) in [6, 6.07) is 22.9. The van der Waals surface area contributed by atoms with Gasteiger partial charge in [0.15, 0.2) is 0 Å². The van der Waals surface area contributed by atoms with Crippen LogP contribution in [-0.2, 0) is 0 Å². The van der Waals surface area contributed by atoms with Crippen molar-refractivity contribution >= 4 is 0 Å². The Morgan fingerprint density at radius 3 is 2.08 bits per heavy atom. The first-order valence-corrected chi connectivity index (χ1v) is 8.88. The van der Waals surface area contributed by atoms with Crippen LogP contribution in [0.1, 0.15) is 25.3 Å². The van der Waals surface area contributed by atoms with E-state index in [1.165, 1.54) is 5.56 Å². The minimum atomic E-state index is 0.521. The van der Waals surface area contributed by atoms with E-state index in [4.69, 9.17) is 4.98 Å². The van der Waals surface area contributed by atoms with Crippen molar-refractivity contribution in [2.75, 3.05) is 0 Å². The number of benzene rings is 2. The number of aromatic amines is 1. The molecule has 0 radical (unpaired) electrons. The molecule has 0 spiro atoms. The maximum atomic E-state index is 4.93. The summed E-state index contributed by atoms with van der Waals surface area (Å²) < 4.78 is 0. The van der Waals surface area contributed by atoms with E-state index < -0.39 is 0 Å². The Hall–Kier alpha value is -3.20. The van der Waals surface area contributed by atoms with Crippen molar-refractivity contribution in [1.82, 2.24) is 15.0 Å². The Balaban J connectivity index is 1.83. The summed E-state index contributed by atoms with van der Waals surface area (Å²) in [5.74, 6) is 1.40. The molecule has 0 aliphatic rings. The number of hydrogen-bond donors (Lipinski definition) is 1. The topological polar surface area (TPSA) is 41.6 Å². The molecule has 128 valence electrons. The fraction of sp³-hybridized carbons (Fsp3) is 0.130. The Labute approximate surface area is 153 Å². The van der Waals surface area contributed by atoms with Gasteiger partial charge in [0.1, 0.15) is 5.82 Å². The van der Waals surface area contributed by atoms with E-state index in [1.807, 2.05) is 42.7 Å². The molecule has 3 nitrogen and oxygen atoms in total. The first kappa shape index (κ1) is 16.3. The van der Waals surface area contributed by atoms with Gasteiger partial charge >= 0.3 is 0 Å². The zero-order chi connectivity index (χ0) is 17.9. The van der Waals surface area contributed by atoms with Crippen LogP contribution >= 0.6 is 0 Å². The summed E-state index contributed by atoms with van der Waals surface area (Å²) in [5.41, 5.74) is 6.57. The summed E-state index contributed by atoms with van der Waals surface area (Å²) in [7, 11) is 0. The summed E-state index contributed by atoms with van der Waals surface area (Å²) in [5, 5.41) is 0. The predicted molar refractivity (Wildman–Crippen MR) is 107 cm³/mol. The molecule has 0 aliphatic carbocycles. The van der Waals surface area contributed by atoms with Crippen LogP contribution in [0.15, 0.2) is 79.1 Å². The van der Waals surface area contributed by atoms with Crippen LogP contribution in [0.4, 0.5) is 0 Å². The number of pyridine rings is 1. The SMILES string of the molecule is CC(C)c1ccc(-c2nc(-c3ccccc3)c(-c3ccncc3)[nH]2)cc1. The van der Waals surface area contributed by atoms with Crippen molar-refractivity contribution in [2.45, 2.75) is 19.8 Å². The van der Waals surface area contributed by atoms with E-state index in [-0.39, 0.29) is 0 Å². The van der Waals surface area contributed by atoms with Crippen molar-refractivity contribution in [1.29, 1.82) is 0 Å². The zero-order valence-corrected chi connectivity index (χ0v) is 15.0. The molecule has 0 atom stereocenters. The van der Waals surface area contributed by atoms with Crippen LogP contribution in [0.3, 0.4) is 0 Å². The molecule has 2 aromatic carbocycles. The van der Waals surface area contributed by atoms with Crippen molar-refractivity contribution < 1.29 is 0 Å². The summed E-state index contributed by atoms with van der Waals surface area (Å²) in [6.07, 6.45) is 3.62. The molecule has 3 heteroatoms. The minimum Gasteiger partial charge on any atom is -0.337 e. The monoisotopic (exact) mass is 339 g/mol. The molecule has 2 heterocycles. The third kappa shape index (κ3) is 3.16. The van der Waals surface area contributed by atoms with Crippen LogP contribution in [0.25, 0.3) is 33.9 Å². The van der Waals surface area contributed by atoms with Gasteiger partial charge in [0.05, 0.1) is 11.4 Å². The van der Waals surface area contributed by atoms with Gasteiger partial charge in [-0.05, 0) is 23.6 Å². The van der Waals surface area contributed by atoms with E-state index in [2.05, 4.69) is 60.2 Å². The van der Waals surface area contributed by atoms with Gasteiger partial charge in [-0.1, -0.05) is 68.4 Å². The van der Waals surface area contributed by atoms with Gasteiger partial charge in [0.25, 0.3) is 0 Å². The molecular formula is C23H21N3. The molecule has 1 N–H and O–H groups in total. The van der Waals surface area contributed by atoms with Gasteiger partial charge in [-0.15, -0.1) is 0 Å². The lowest BCUT2D eigenvalue weighted by atomic mass is 10.0. The number of hydrogen-bond acceptors (Lipinski definition) is 2. The number of H-pyrrole nitrogens is 1. The molecule has 0 fully saturated rings. The van der Waals surface area contributed by atoms with E-state index in [9.17, 15) is 0 Å². The molecule has 4 aromatic rings. The Bertz CT molecular complexity index is 928. The van der Waals surface area contributed by atoms with Gasteiger partial charge in [-0.3, -0.25) is 4.98 Å². The second kappa shape index (κ2) is 6.96. The fourth-order valence-electron chi connectivity index (χ4n) is 3.07. The van der Waals surface area contributed by atoms with Gasteiger partial charge < -0.3 is 4.98 Å². The number of imidazole rings is 1. The van der Waals surface area contributed by atoms with E-state index in [1.54, 1.807) is 0 Å². The van der Waals surface area contributed by atoms with E-state index >= 15 is 0 Å². The molecular weight excluding hydrogens is 318 g/mol. The number of nitrogens with one attached hydrogen (secondary N) is 1. The highest BCUT2D eigenvalue weighted by atomic mass is 14.9. The lowest BCUT2D eigenvalue weighted by molar-refractivity contribution is 0.867. The summed E-state index contributed by atoms with van der Waals surface area (Å²) >= 11 is 0. The highest BCUT2D eigenvalue weighted by molar-refractivity contribution is 5.81. The second-order valence-electron chi connectivity index (χ2n) is 6.69. The first-order chi connectivity index (χ1) is 12.7. The largest absolute Gasteiger partial charge is 0.337 e.